The standard InChI is InChI=1S/C25H24FN3O3/c1-31-22-9-5-7-16(25(22)32-2)10-13-24(30)27-18-11-12-20-21(15-18)29-23(28-20)14-17-6-3-4-8-19(17)26/h3-9,11-12,15H,10,13-14H2,1-2H3,(H,27,30)(H,28,29). The third-order valence-electron chi connectivity index (χ3n) is 5.24. The van der Waals surface area contributed by atoms with E-state index in [1.807, 2.05) is 30.3 Å². The minimum Gasteiger partial charge on any atom is -0.493 e. The van der Waals surface area contributed by atoms with Crippen LogP contribution in [0.1, 0.15) is 23.4 Å². The van der Waals surface area contributed by atoms with Crippen molar-refractivity contribution in [3.05, 3.63) is 83.4 Å². The molecule has 0 fully saturated rings. The lowest BCUT2D eigenvalue weighted by atomic mass is 10.1. The van der Waals surface area contributed by atoms with E-state index in [4.69, 9.17) is 9.47 Å². The lowest BCUT2D eigenvalue weighted by Gasteiger charge is -2.12. The molecule has 4 rings (SSSR count). The number of hydrogen-bond donors (Lipinski definition) is 2. The molecule has 6 nitrogen and oxygen atoms in total. The number of fused-ring (bicyclic) bond motifs is 1. The number of aryl methyl sites for hydroxylation is 1. The number of para-hydroxylation sites is 1. The summed E-state index contributed by atoms with van der Waals surface area (Å²) in [6.07, 6.45) is 1.18. The van der Waals surface area contributed by atoms with Gasteiger partial charge in [-0.25, -0.2) is 9.37 Å². The molecule has 0 spiro atoms. The van der Waals surface area contributed by atoms with Crippen LogP contribution in [0.2, 0.25) is 0 Å². The predicted octanol–water partition coefficient (Wildman–Crippen LogP) is 4.88. The maximum Gasteiger partial charge on any atom is 0.224 e. The van der Waals surface area contributed by atoms with Crippen molar-refractivity contribution in [3.8, 4) is 11.5 Å². The van der Waals surface area contributed by atoms with Crippen molar-refractivity contribution in [3.63, 3.8) is 0 Å². The number of anilines is 1. The first-order valence-electron chi connectivity index (χ1n) is 10.3. The monoisotopic (exact) mass is 433 g/mol. The number of rotatable bonds is 8. The van der Waals surface area contributed by atoms with Gasteiger partial charge in [0.1, 0.15) is 11.6 Å². The Labute approximate surface area is 185 Å². The molecule has 7 heteroatoms. The molecule has 164 valence electrons. The second-order valence-corrected chi connectivity index (χ2v) is 7.38. The molecule has 4 aromatic rings. The molecule has 2 N–H and O–H groups in total. The first kappa shape index (κ1) is 21.4. The number of benzene rings is 3. The van der Waals surface area contributed by atoms with Gasteiger partial charge in [-0.05, 0) is 47.9 Å². The zero-order valence-electron chi connectivity index (χ0n) is 17.9. The van der Waals surface area contributed by atoms with E-state index in [1.165, 1.54) is 6.07 Å². The van der Waals surface area contributed by atoms with Crippen LogP contribution in [0.5, 0.6) is 11.5 Å². The van der Waals surface area contributed by atoms with E-state index in [9.17, 15) is 9.18 Å². The molecule has 0 saturated carbocycles. The number of hydrogen-bond acceptors (Lipinski definition) is 4. The maximum atomic E-state index is 13.9. The summed E-state index contributed by atoms with van der Waals surface area (Å²) in [4.78, 5) is 20.2. The van der Waals surface area contributed by atoms with E-state index in [2.05, 4.69) is 15.3 Å². The molecule has 32 heavy (non-hydrogen) atoms. The fourth-order valence-corrected chi connectivity index (χ4v) is 3.67. The predicted molar refractivity (Wildman–Crippen MR) is 122 cm³/mol. The Hall–Kier alpha value is -3.87. The first-order valence-corrected chi connectivity index (χ1v) is 10.3. The van der Waals surface area contributed by atoms with Gasteiger partial charge < -0.3 is 19.8 Å². The molecular weight excluding hydrogens is 409 g/mol. The molecule has 1 aromatic heterocycles. The number of imidazole rings is 1. The van der Waals surface area contributed by atoms with Crippen molar-refractivity contribution >= 4 is 22.6 Å². The summed E-state index contributed by atoms with van der Waals surface area (Å²) < 4.78 is 24.7. The van der Waals surface area contributed by atoms with Gasteiger partial charge >= 0.3 is 0 Å². The molecule has 0 bridgehead atoms. The quantitative estimate of drug-likeness (QED) is 0.415. The highest BCUT2D eigenvalue weighted by atomic mass is 19.1. The van der Waals surface area contributed by atoms with Crippen molar-refractivity contribution in [2.45, 2.75) is 19.3 Å². The van der Waals surface area contributed by atoms with Crippen LogP contribution >= 0.6 is 0 Å². The second-order valence-electron chi connectivity index (χ2n) is 7.38. The van der Waals surface area contributed by atoms with Gasteiger partial charge in [0.15, 0.2) is 11.5 Å². The summed E-state index contributed by atoms with van der Waals surface area (Å²) in [6.45, 7) is 0. The van der Waals surface area contributed by atoms with Gasteiger partial charge in [-0.3, -0.25) is 4.79 Å². The van der Waals surface area contributed by atoms with Crippen molar-refractivity contribution < 1.29 is 18.7 Å². The van der Waals surface area contributed by atoms with E-state index < -0.39 is 0 Å². The van der Waals surface area contributed by atoms with Crippen molar-refractivity contribution in [1.29, 1.82) is 0 Å². The van der Waals surface area contributed by atoms with Crippen LogP contribution in [0.4, 0.5) is 10.1 Å². The van der Waals surface area contributed by atoms with Crippen molar-refractivity contribution in [1.82, 2.24) is 9.97 Å². The number of aromatic amines is 1. The van der Waals surface area contributed by atoms with Gasteiger partial charge in [-0.15, -0.1) is 0 Å². The van der Waals surface area contributed by atoms with E-state index in [0.717, 1.165) is 16.6 Å². The Kier molecular flexibility index (Phi) is 6.35. The number of aromatic nitrogens is 2. The maximum absolute atomic E-state index is 13.9. The van der Waals surface area contributed by atoms with Gasteiger partial charge in [0.2, 0.25) is 5.91 Å². The molecule has 0 aliphatic carbocycles. The van der Waals surface area contributed by atoms with Crippen LogP contribution in [-0.4, -0.2) is 30.1 Å². The fourth-order valence-electron chi connectivity index (χ4n) is 3.67. The largest absolute Gasteiger partial charge is 0.493 e. The van der Waals surface area contributed by atoms with E-state index in [-0.39, 0.29) is 11.7 Å². The smallest absolute Gasteiger partial charge is 0.224 e. The number of nitrogens with one attached hydrogen (secondary N) is 2. The molecule has 1 heterocycles. The van der Waals surface area contributed by atoms with Crippen LogP contribution in [0.15, 0.2) is 60.7 Å². The average Bonchev–Trinajstić information content (AvgIpc) is 3.20. The van der Waals surface area contributed by atoms with Gasteiger partial charge in [-0.2, -0.15) is 0 Å². The highest BCUT2D eigenvalue weighted by molar-refractivity contribution is 5.93. The second kappa shape index (κ2) is 9.51. The number of carbonyl (C=O) groups is 1. The number of halogens is 1. The van der Waals surface area contributed by atoms with Crippen molar-refractivity contribution in [2.24, 2.45) is 0 Å². The summed E-state index contributed by atoms with van der Waals surface area (Å²) in [7, 11) is 3.17. The molecule has 1 amide bonds. The Balaban J connectivity index is 1.42. The van der Waals surface area contributed by atoms with Gasteiger partial charge in [0.25, 0.3) is 0 Å². The SMILES string of the molecule is COc1cccc(CCC(=O)Nc2ccc3nc(Cc4ccccc4F)[nH]c3c2)c1OC. The summed E-state index contributed by atoms with van der Waals surface area (Å²) in [6, 6.07) is 17.7. The number of methoxy groups -OCH3 is 2. The highest BCUT2D eigenvalue weighted by Gasteiger charge is 2.12. The number of carbonyl (C=O) groups excluding carboxylic acids is 1. The Morgan fingerprint density at radius 2 is 1.84 bits per heavy atom. The zero-order chi connectivity index (χ0) is 22.5. The number of ether oxygens (including phenoxy) is 2. The number of amides is 1. The molecular formula is C25H24FN3O3. The van der Waals surface area contributed by atoms with Crippen LogP contribution in [-0.2, 0) is 17.6 Å². The zero-order valence-corrected chi connectivity index (χ0v) is 17.9. The number of nitrogens with zero attached hydrogens (tertiary/aromatic N) is 1. The normalized spacial score (nSPS) is 10.8. The van der Waals surface area contributed by atoms with Crippen LogP contribution in [0.25, 0.3) is 11.0 Å². The molecule has 0 radical (unpaired) electrons. The highest BCUT2D eigenvalue weighted by Crippen LogP contribution is 2.31. The summed E-state index contributed by atoms with van der Waals surface area (Å²) in [5.41, 5.74) is 3.69. The molecule has 3 aromatic carbocycles. The Bertz CT molecular complexity index is 1250. The topological polar surface area (TPSA) is 76.2 Å². The summed E-state index contributed by atoms with van der Waals surface area (Å²) >= 11 is 0. The van der Waals surface area contributed by atoms with Crippen LogP contribution in [0, 0.1) is 5.82 Å². The fraction of sp³-hybridized carbons (Fsp3) is 0.200. The Morgan fingerprint density at radius 3 is 2.62 bits per heavy atom. The molecule has 0 atom stereocenters. The van der Waals surface area contributed by atoms with E-state index in [1.54, 1.807) is 38.5 Å². The van der Waals surface area contributed by atoms with Crippen LogP contribution < -0.4 is 14.8 Å². The summed E-state index contributed by atoms with van der Waals surface area (Å²) in [5, 5.41) is 2.92. The van der Waals surface area contributed by atoms with Gasteiger partial charge in [0.05, 0.1) is 25.3 Å². The lowest BCUT2D eigenvalue weighted by molar-refractivity contribution is -0.116. The van der Waals surface area contributed by atoms with Crippen molar-refractivity contribution in [2.75, 3.05) is 19.5 Å². The molecule has 0 saturated heterocycles. The van der Waals surface area contributed by atoms with E-state index in [0.29, 0.717) is 47.8 Å². The number of H-pyrrole nitrogens is 1. The molecule has 0 unspecified atom stereocenters. The van der Waals surface area contributed by atoms with Crippen LogP contribution in [0.3, 0.4) is 0 Å². The lowest BCUT2D eigenvalue weighted by Crippen LogP contribution is -2.12. The Morgan fingerprint density at radius 1 is 1.03 bits per heavy atom. The molecule has 0 aliphatic rings. The third kappa shape index (κ3) is 4.72. The minimum atomic E-state index is -0.256. The third-order valence-corrected chi connectivity index (χ3v) is 5.24. The summed E-state index contributed by atoms with van der Waals surface area (Å²) in [5.74, 6) is 1.58. The first-order chi connectivity index (χ1) is 15.6. The van der Waals surface area contributed by atoms with Gasteiger partial charge in [0, 0.05) is 18.5 Å². The molecule has 0 aliphatic heterocycles. The van der Waals surface area contributed by atoms with E-state index >= 15 is 0 Å². The average molecular weight is 433 g/mol. The van der Waals surface area contributed by atoms with Gasteiger partial charge in [-0.1, -0.05) is 30.3 Å². The minimum absolute atomic E-state index is 0.111.